The van der Waals surface area contributed by atoms with Crippen LogP contribution in [0.25, 0.3) is 0 Å². The van der Waals surface area contributed by atoms with Crippen LogP contribution < -0.4 is 0 Å². The average molecular weight is 242 g/mol. The smallest absolute Gasteiger partial charge is 0.138 e. The van der Waals surface area contributed by atoms with Crippen LogP contribution in [0.1, 0.15) is 24.8 Å². The Morgan fingerprint density at radius 3 is 2.83 bits per heavy atom. The number of hydrogen-bond acceptors (Lipinski definition) is 3. The third kappa shape index (κ3) is 3.41. The topological polar surface area (TPSA) is 44.1 Å². The molecular formula is C15H18N2O. The number of carbonyl (C=O) groups is 1. The molecule has 18 heavy (non-hydrogen) atoms. The average Bonchev–Trinajstić information content (AvgIpc) is 2.40. The molecule has 1 aliphatic rings. The number of nitrogens with zero attached hydrogens (tertiary/aromatic N) is 2. The Hall–Kier alpha value is -1.66. The zero-order chi connectivity index (χ0) is 12.8. The molecule has 3 heteroatoms. The maximum absolute atomic E-state index is 11.8. The Labute approximate surface area is 108 Å². The number of rotatable bonds is 4. The van der Waals surface area contributed by atoms with E-state index in [0.717, 1.165) is 19.6 Å². The van der Waals surface area contributed by atoms with Gasteiger partial charge in [0, 0.05) is 38.4 Å². The van der Waals surface area contributed by atoms with Gasteiger partial charge < -0.3 is 0 Å². The van der Waals surface area contributed by atoms with Gasteiger partial charge in [0.15, 0.2) is 0 Å². The van der Waals surface area contributed by atoms with Crippen LogP contribution in [0.5, 0.6) is 0 Å². The van der Waals surface area contributed by atoms with Gasteiger partial charge in [0.2, 0.25) is 0 Å². The predicted molar refractivity (Wildman–Crippen MR) is 69.7 cm³/mol. The molecule has 1 fully saturated rings. The first-order valence-corrected chi connectivity index (χ1v) is 6.45. The quantitative estimate of drug-likeness (QED) is 0.814. The predicted octanol–water partition coefficient (Wildman–Crippen LogP) is 2.38. The zero-order valence-corrected chi connectivity index (χ0v) is 10.5. The van der Waals surface area contributed by atoms with Gasteiger partial charge in [-0.2, -0.15) is 5.26 Å². The van der Waals surface area contributed by atoms with Gasteiger partial charge in [0.05, 0.1) is 6.07 Å². The highest BCUT2D eigenvalue weighted by molar-refractivity contribution is 5.82. The molecule has 0 N–H and O–H groups in total. The molecule has 1 saturated heterocycles. The van der Waals surface area contributed by atoms with Crippen LogP contribution in [0.3, 0.4) is 0 Å². The number of nitriles is 1. The zero-order valence-electron chi connectivity index (χ0n) is 10.5. The Morgan fingerprint density at radius 2 is 2.11 bits per heavy atom. The van der Waals surface area contributed by atoms with E-state index in [1.54, 1.807) is 0 Å². The molecule has 0 amide bonds. The fourth-order valence-corrected chi connectivity index (χ4v) is 2.45. The fraction of sp³-hybridized carbons (Fsp3) is 0.467. The molecule has 3 nitrogen and oxygen atoms in total. The van der Waals surface area contributed by atoms with Crippen LogP contribution in [0, 0.1) is 17.2 Å². The van der Waals surface area contributed by atoms with Crippen molar-refractivity contribution in [3.8, 4) is 6.07 Å². The lowest BCUT2D eigenvalue weighted by Crippen LogP contribution is -2.40. The summed E-state index contributed by atoms with van der Waals surface area (Å²) in [6.45, 7) is 2.55. The number of benzene rings is 1. The third-order valence-corrected chi connectivity index (χ3v) is 3.46. The van der Waals surface area contributed by atoms with E-state index < -0.39 is 0 Å². The molecule has 0 aromatic heterocycles. The van der Waals surface area contributed by atoms with Crippen molar-refractivity contribution < 1.29 is 4.79 Å². The summed E-state index contributed by atoms with van der Waals surface area (Å²) >= 11 is 0. The second-order valence-corrected chi connectivity index (χ2v) is 4.83. The molecule has 1 aliphatic heterocycles. The van der Waals surface area contributed by atoms with Crippen molar-refractivity contribution in [2.75, 3.05) is 13.1 Å². The van der Waals surface area contributed by atoms with Crippen LogP contribution in [0.4, 0.5) is 0 Å². The Kier molecular flexibility index (Phi) is 4.49. The molecule has 1 heterocycles. The third-order valence-electron chi connectivity index (χ3n) is 3.46. The van der Waals surface area contributed by atoms with Crippen molar-refractivity contribution in [1.82, 2.24) is 4.90 Å². The number of carbonyl (C=O) groups excluding carboxylic acids is 1. The molecule has 1 unspecified atom stereocenters. The van der Waals surface area contributed by atoms with Gasteiger partial charge in [-0.1, -0.05) is 30.3 Å². The molecular weight excluding hydrogens is 224 g/mol. The Balaban J connectivity index is 1.91. The standard InChI is InChI=1S/C15H18N2O/c16-9-4-7-14-12-17(10-8-15(14)18)11-13-5-2-1-3-6-13/h1-3,5-6,14H,4,7-8,10-12H2. The van der Waals surface area contributed by atoms with Crippen LogP contribution in [0.15, 0.2) is 30.3 Å². The summed E-state index contributed by atoms with van der Waals surface area (Å²) in [4.78, 5) is 14.1. The largest absolute Gasteiger partial charge is 0.299 e. The van der Waals surface area contributed by atoms with Crippen LogP contribution in [-0.2, 0) is 11.3 Å². The van der Waals surface area contributed by atoms with Gasteiger partial charge in [-0.25, -0.2) is 0 Å². The molecule has 0 spiro atoms. The maximum Gasteiger partial charge on any atom is 0.138 e. The van der Waals surface area contributed by atoms with Gasteiger partial charge in [-0.05, 0) is 12.0 Å². The van der Waals surface area contributed by atoms with Crippen LogP contribution in [-0.4, -0.2) is 23.8 Å². The van der Waals surface area contributed by atoms with Gasteiger partial charge >= 0.3 is 0 Å². The molecule has 0 radical (unpaired) electrons. The molecule has 0 saturated carbocycles. The lowest BCUT2D eigenvalue weighted by molar-refractivity contribution is -0.126. The van der Waals surface area contributed by atoms with Gasteiger partial charge in [-0.3, -0.25) is 9.69 Å². The first-order valence-electron chi connectivity index (χ1n) is 6.45. The highest BCUT2D eigenvalue weighted by Gasteiger charge is 2.26. The minimum Gasteiger partial charge on any atom is -0.299 e. The molecule has 0 aliphatic carbocycles. The summed E-state index contributed by atoms with van der Waals surface area (Å²) in [5.74, 6) is 0.386. The van der Waals surface area contributed by atoms with Crippen molar-refractivity contribution in [2.45, 2.75) is 25.8 Å². The lowest BCUT2D eigenvalue weighted by Gasteiger charge is -2.31. The summed E-state index contributed by atoms with van der Waals surface area (Å²) in [6.07, 6.45) is 1.82. The van der Waals surface area contributed by atoms with E-state index in [-0.39, 0.29) is 5.92 Å². The van der Waals surface area contributed by atoms with E-state index in [4.69, 9.17) is 5.26 Å². The lowest BCUT2D eigenvalue weighted by atomic mass is 9.92. The van der Waals surface area contributed by atoms with Crippen molar-refractivity contribution in [2.24, 2.45) is 5.92 Å². The van der Waals surface area contributed by atoms with Gasteiger partial charge in [0.25, 0.3) is 0 Å². The minimum absolute atomic E-state index is 0.0575. The second-order valence-electron chi connectivity index (χ2n) is 4.83. The number of hydrogen-bond donors (Lipinski definition) is 0. The molecule has 94 valence electrons. The number of ketones is 1. The minimum atomic E-state index is 0.0575. The number of likely N-dealkylation sites (tertiary alicyclic amines) is 1. The first-order chi connectivity index (χ1) is 8.79. The van der Waals surface area contributed by atoms with Crippen molar-refractivity contribution in [3.63, 3.8) is 0 Å². The van der Waals surface area contributed by atoms with Crippen molar-refractivity contribution in [1.29, 1.82) is 5.26 Å². The van der Waals surface area contributed by atoms with Crippen molar-refractivity contribution in [3.05, 3.63) is 35.9 Å². The summed E-state index contributed by atoms with van der Waals surface area (Å²) < 4.78 is 0. The SMILES string of the molecule is N#CCCC1CN(Cc2ccccc2)CCC1=O. The Morgan fingerprint density at radius 1 is 1.33 bits per heavy atom. The first kappa shape index (κ1) is 12.8. The molecule has 0 bridgehead atoms. The molecule has 1 aromatic rings. The van der Waals surface area contributed by atoms with E-state index in [1.165, 1.54) is 5.56 Å². The van der Waals surface area contributed by atoms with Crippen LogP contribution >= 0.6 is 0 Å². The molecule has 2 rings (SSSR count). The van der Waals surface area contributed by atoms with E-state index in [1.807, 2.05) is 18.2 Å². The Bertz CT molecular complexity index is 436. The normalized spacial score (nSPS) is 20.6. The highest BCUT2D eigenvalue weighted by Crippen LogP contribution is 2.19. The summed E-state index contributed by atoms with van der Waals surface area (Å²) in [5.41, 5.74) is 1.28. The van der Waals surface area contributed by atoms with E-state index in [0.29, 0.717) is 25.0 Å². The molecule has 1 aromatic carbocycles. The second kappa shape index (κ2) is 6.32. The van der Waals surface area contributed by atoms with E-state index in [2.05, 4.69) is 23.1 Å². The van der Waals surface area contributed by atoms with Gasteiger partial charge in [-0.15, -0.1) is 0 Å². The summed E-state index contributed by atoms with van der Waals surface area (Å²) in [7, 11) is 0. The van der Waals surface area contributed by atoms with Crippen molar-refractivity contribution >= 4 is 5.78 Å². The number of piperidine rings is 1. The van der Waals surface area contributed by atoms with E-state index >= 15 is 0 Å². The highest BCUT2D eigenvalue weighted by atomic mass is 16.1. The van der Waals surface area contributed by atoms with Crippen LogP contribution in [0.2, 0.25) is 0 Å². The maximum atomic E-state index is 11.8. The van der Waals surface area contributed by atoms with E-state index in [9.17, 15) is 4.79 Å². The fourth-order valence-electron chi connectivity index (χ4n) is 2.45. The molecule has 1 atom stereocenters. The summed E-state index contributed by atoms with van der Waals surface area (Å²) in [6, 6.07) is 12.4. The summed E-state index contributed by atoms with van der Waals surface area (Å²) in [5, 5.41) is 8.61. The number of Topliss-reactive ketones (excluding diaryl/α,β-unsaturated/α-hetero) is 1. The van der Waals surface area contributed by atoms with Gasteiger partial charge in [0.1, 0.15) is 5.78 Å². The monoisotopic (exact) mass is 242 g/mol.